The Morgan fingerprint density at radius 3 is 2.47 bits per heavy atom. The summed E-state index contributed by atoms with van der Waals surface area (Å²) in [5.41, 5.74) is 0.396. The van der Waals surface area contributed by atoms with E-state index in [9.17, 15) is 4.79 Å². The Hall–Kier alpha value is -1.22. The Kier molecular flexibility index (Phi) is 3.97. The predicted octanol–water partition coefficient (Wildman–Crippen LogP) is 2.86. The number of benzene rings is 1. The van der Waals surface area contributed by atoms with Gasteiger partial charge in [-0.25, -0.2) is 0 Å². The standard InChI is InChI=1S/C11H13ClO3/c1-7(2)15-10-6-8(11(12)13)4-5-9(10)14-3/h4-7H,1-3H3. The number of carbonyl (C=O) groups is 1. The zero-order chi connectivity index (χ0) is 11.4. The van der Waals surface area contributed by atoms with Crippen LogP contribution < -0.4 is 9.47 Å². The van der Waals surface area contributed by atoms with Gasteiger partial charge in [0.2, 0.25) is 0 Å². The molecule has 0 aliphatic rings. The highest BCUT2D eigenvalue weighted by molar-refractivity contribution is 6.67. The second-order valence-electron chi connectivity index (χ2n) is 3.31. The third-order valence-electron chi connectivity index (χ3n) is 1.75. The molecule has 0 unspecified atom stereocenters. The van der Waals surface area contributed by atoms with Crippen LogP contribution in [0.15, 0.2) is 18.2 Å². The molecule has 0 N–H and O–H groups in total. The van der Waals surface area contributed by atoms with Crippen molar-refractivity contribution in [1.82, 2.24) is 0 Å². The Morgan fingerprint density at radius 2 is 2.00 bits per heavy atom. The summed E-state index contributed by atoms with van der Waals surface area (Å²) in [6, 6.07) is 4.84. The van der Waals surface area contributed by atoms with Gasteiger partial charge in [-0.1, -0.05) is 0 Å². The maximum atomic E-state index is 11.0. The minimum Gasteiger partial charge on any atom is -0.493 e. The van der Waals surface area contributed by atoms with Crippen molar-refractivity contribution in [3.05, 3.63) is 23.8 Å². The molecule has 0 aliphatic heterocycles. The van der Waals surface area contributed by atoms with Crippen molar-refractivity contribution in [3.8, 4) is 11.5 Å². The van der Waals surface area contributed by atoms with Gasteiger partial charge in [0.25, 0.3) is 5.24 Å². The molecular weight excluding hydrogens is 216 g/mol. The molecule has 0 spiro atoms. The Morgan fingerprint density at radius 1 is 1.33 bits per heavy atom. The van der Waals surface area contributed by atoms with Crippen molar-refractivity contribution >= 4 is 16.8 Å². The first-order valence-electron chi connectivity index (χ1n) is 4.59. The smallest absolute Gasteiger partial charge is 0.252 e. The third kappa shape index (κ3) is 3.13. The molecule has 0 radical (unpaired) electrons. The SMILES string of the molecule is COc1ccc(C(=O)Cl)cc1OC(C)C. The molecule has 0 amide bonds. The second kappa shape index (κ2) is 5.03. The average Bonchev–Trinajstić information content (AvgIpc) is 2.16. The monoisotopic (exact) mass is 228 g/mol. The maximum absolute atomic E-state index is 11.0. The first-order chi connectivity index (χ1) is 7.04. The van der Waals surface area contributed by atoms with E-state index in [-0.39, 0.29) is 6.10 Å². The third-order valence-corrected chi connectivity index (χ3v) is 1.97. The first-order valence-corrected chi connectivity index (χ1v) is 4.97. The van der Waals surface area contributed by atoms with E-state index in [0.717, 1.165) is 0 Å². The van der Waals surface area contributed by atoms with Crippen LogP contribution in [-0.2, 0) is 0 Å². The van der Waals surface area contributed by atoms with E-state index < -0.39 is 5.24 Å². The molecule has 15 heavy (non-hydrogen) atoms. The van der Waals surface area contributed by atoms with Gasteiger partial charge in [-0.3, -0.25) is 4.79 Å². The zero-order valence-electron chi connectivity index (χ0n) is 8.91. The van der Waals surface area contributed by atoms with E-state index in [1.54, 1.807) is 25.3 Å². The van der Waals surface area contributed by atoms with Crippen LogP contribution in [0.1, 0.15) is 24.2 Å². The van der Waals surface area contributed by atoms with Gasteiger partial charge >= 0.3 is 0 Å². The fourth-order valence-electron chi connectivity index (χ4n) is 1.14. The van der Waals surface area contributed by atoms with Gasteiger partial charge in [0, 0.05) is 5.56 Å². The van der Waals surface area contributed by atoms with Gasteiger partial charge in [-0.05, 0) is 43.6 Å². The van der Waals surface area contributed by atoms with E-state index in [1.165, 1.54) is 0 Å². The van der Waals surface area contributed by atoms with E-state index >= 15 is 0 Å². The number of carbonyl (C=O) groups excluding carboxylic acids is 1. The summed E-state index contributed by atoms with van der Waals surface area (Å²) < 4.78 is 10.6. The molecule has 1 aromatic rings. The maximum Gasteiger partial charge on any atom is 0.252 e. The quantitative estimate of drug-likeness (QED) is 0.744. The molecule has 0 fully saturated rings. The lowest BCUT2D eigenvalue weighted by atomic mass is 10.2. The second-order valence-corrected chi connectivity index (χ2v) is 3.65. The molecule has 0 atom stereocenters. The first kappa shape index (κ1) is 11.9. The van der Waals surface area contributed by atoms with Crippen LogP contribution in [0.2, 0.25) is 0 Å². The summed E-state index contributed by atoms with van der Waals surface area (Å²) >= 11 is 5.37. The van der Waals surface area contributed by atoms with Crippen molar-refractivity contribution < 1.29 is 14.3 Å². The highest BCUT2D eigenvalue weighted by Gasteiger charge is 2.10. The van der Waals surface area contributed by atoms with Gasteiger partial charge < -0.3 is 9.47 Å². The largest absolute Gasteiger partial charge is 0.493 e. The van der Waals surface area contributed by atoms with Crippen molar-refractivity contribution in [1.29, 1.82) is 0 Å². The summed E-state index contributed by atoms with van der Waals surface area (Å²) in [5, 5.41) is -0.508. The van der Waals surface area contributed by atoms with Crippen LogP contribution in [0.3, 0.4) is 0 Å². The van der Waals surface area contributed by atoms with Crippen molar-refractivity contribution in [2.75, 3.05) is 7.11 Å². The topological polar surface area (TPSA) is 35.5 Å². The van der Waals surface area contributed by atoms with Gasteiger partial charge in [-0.2, -0.15) is 0 Å². The van der Waals surface area contributed by atoms with E-state index in [2.05, 4.69) is 0 Å². The van der Waals surface area contributed by atoms with Crippen LogP contribution in [0, 0.1) is 0 Å². The molecule has 3 nitrogen and oxygen atoms in total. The van der Waals surface area contributed by atoms with Crippen LogP contribution in [0.5, 0.6) is 11.5 Å². The molecule has 0 aliphatic carbocycles. The lowest BCUT2D eigenvalue weighted by Crippen LogP contribution is -2.07. The molecule has 0 aromatic heterocycles. The van der Waals surface area contributed by atoms with Crippen LogP contribution in [0.4, 0.5) is 0 Å². The Labute approximate surface area is 93.9 Å². The lowest BCUT2D eigenvalue weighted by molar-refractivity contribution is 0.108. The number of hydrogen-bond acceptors (Lipinski definition) is 3. The molecule has 0 saturated heterocycles. The highest BCUT2D eigenvalue weighted by atomic mass is 35.5. The molecule has 1 rings (SSSR count). The summed E-state index contributed by atoms with van der Waals surface area (Å²) in [5.74, 6) is 1.12. The number of methoxy groups -OCH3 is 1. The number of halogens is 1. The fraction of sp³-hybridized carbons (Fsp3) is 0.364. The van der Waals surface area contributed by atoms with Crippen molar-refractivity contribution in [3.63, 3.8) is 0 Å². The molecular formula is C11H13ClO3. The number of ether oxygens (including phenoxy) is 2. The molecule has 0 bridgehead atoms. The van der Waals surface area contributed by atoms with E-state index in [0.29, 0.717) is 17.1 Å². The molecule has 0 saturated carbocycles. The number of rotatable bonds is 4. The number of hydrogen-bond donors (Lipinski definition) is 0. The van der Waals surface area contributed by atoms with Gasteiger partial charge in [0.05, 0.1) is 13.2 Å². The van der Waals surface area contributed by atoms with Crippen molar-refractivity contribution in [2.24, 2.45) is 0 Å². The summed E-state index contributed by atoms with van der Waals surface area (Å²) in [4.78, 5) is 11.0. The molecule has 1 aromatic carbocycles. The van der Waals surface area contributed by atoms with E-state index in [4.69, 9.17) is 21.1 Å². The van der Waals surface area contributed by atoms with Crippen molar-refractivity contribution in [2.45, 2.75) is 20.0 Å². The minimum atomic E-state index is -0.508. The fourth-order valence-corrected chi connectivity index (χ4v) is 1.26. The Bertz CT molecular complexity index is 361. The summed E-state index contributed by atoms with van der Waals surface area (Å²) in [6.45, 7) is 3.79. The average molecular weight is 229 g/mol. The van der Waals surface area contributed by atoms with Gasteiger partial charge in [-0.15, -0.1) is 0 Å². The highest BCUT2D eigenvalue weighted by Crippen LogP contribution is 2.29. The van der Waals surface area contributed by atoms with E-state index in [1.807, 2.05) is 13.8 Å². The molecule has 82 valence electrons. The van der Waals surface area contributed by atoms with Crippen LogP contribution in [0.25, 0.3) is 0 Å². The van der Waals surface area contributed by atoms with Crippen LogP contribution in [-0.4, -0.2) is 18.5 Å². The van der Waals surface area contributed by atoms with Crippen LogP contribution >= 0.6 is 11.6 Å². The summed E-state index contributed by atoms with van der Waals surface area (Å²) in [7, 11) is 1.55. The molecule has 4 heteroatoms. The van der Waals surface area contributed by atoms with Gasteiger partial charge in [0.1, 0.15) is 0 Å². The minimum absolute atomic E-state index is 0.0135. The van der Waals surface area contributed by atoms with Gasteiger partial charge in [0.15, 0.2) is 11.5 Å². The lowest BCUT2D eigenvalue weighted by Gasteiger charge is -2.13. The predicted molar refractivity (Wildman–Crippen MR) is 58.9 cm³/mol. The normalized spacial score (nSPS) is 10.2. The Balaban J connectivity index is 3.07. The zero-order valence-corrected chi connectivity index (χ0v) is 9.67. The molecule has 0 heterocycles. The summed E-state index contributed by atoms with van der Waals surface area (Å²) in [6.07, 6.45) is 0.0135.